The van der Waals surface area contributed by atoms with E-state index < -0.39 is 0 Å². The molecule has 1 aromatic carbocycles. The molecule has 0 aliphatic rings. The molecule has 0 saturated heterocycles. The van der Waals surface area contributed by atoms with Crippen molar-refractivity contribution in [2.75, 3.05) is 5.73 Å². The summed E-state index contributed by atoms with van der Waals surface area (Å²) in [7, 11) is 2.04. The molecule has 0 spiro atoms. The highest BCUT2D eigenvalue weighted by Crippen LogP contribution is 2.34. The first-order chi connectivity index (χ1) is 7.91. The van der Waals surface area contributed by atoms with Gasteiger partial charge in [-0.15, -0.1) is 0 Å². The molecular formula is C15H20N2. The van der Waals surface area contributed by atoms with Crippen LogP contribution in [-0.4, -0.2) is 4.57 Å². The molecule has 0 unspecified atom stereocenters. The largest absolute Gasteiger partial charge is 0.397 e. The molecule has 1 heterocycles. The minimum atomic E-state index is 0.891. The van der Waals surface area contributed by atoms with Crippen LogP contribution in [0.15, 0.2) is 18.3 Å². The SMILES string of the molecule is Cc1cc(C)c(-c2cn(C)c(C)c2N)c(C)c1. The van der Waals surface area contributed by atoms with Crippen LogP contribution >= 0.6 is 0 Å². The maximum atomic E-state index is 6.19. The third-order valence-corrected chi connectivity index (χ3v) is 3.48. The first-order valence-corrected chi connectivity index (χ1v) is 5.91. The van der Waals surface area contributed by atoms with E-state index in [0.717, 1.165) is 16.9 Å². The fourth-order valence-electron chi connectivity index (χ4n) is 2.55. The fourth-order valence-corrected chi connectivity index (χ4v) is 2.55. The lowest BCUT2D eigenvalue weighted by Crippen LogP contribution is -1.94. The van der Waals surface area contributed by atoms with Crippen LogP contribution in [0.2, 0.25) is 0 Å². The van der Waals surface area contributed by atoms with Gasteiger partial charge in [0.1, 0.15) is 0 Å². The summed E-state index contributed by atoms with van der Waals surface area (Å²) < 4.78 is 2.09. The molecule has 1 aromatic heterocycles. The van der Waals surface area contributed by atoms with Crippen molar-refractivity contribution in [3.8, 4) is 11.1 Å². The van der Waals surface area contributed by atoms with E-state index in [0.29, 0.717) is 0 Å². The van der Waals surface area contributed by atoms with E-state index in [1.807, 2.05) is 7.05 Å². The van der Waals surface area contributed by atoms with Gasteiger partial charge in [-0.1, -0.05) is 17.7 Å². The molecule has 2 N–H and O–H groups in total. The van der Waals surface area contributed by atoms with Crippen molar-refractivity contribution in [2.24, 2.45) is 7.05 Å². The summed E-state index contributed by atoms with van der Waals surface area (Å²) in [5, 5.41) is 0. The van der Waals surface area contributed by atoms with Gasteiger partial charge in [-0.2, -0.15) is 0 Å². The summed E-state index contributed by atoms with van der Waals surface area (Å²) in [6.45, 7) is 8.48. The summed E-state index contributed by atoms with van der Waals surface area (Å²) in [5.41, 5.74) is 14.5. The van der Waals surface area contributed by atoms with E-state index in [-0.39, 0.29) is 0 Å². The zero-order valence-corrected chi connectivity index (χ0v) is 11.3. The highest BCUT2D eigenvalue weighted by Gasteiger charge is 2.13. The van der Waals surface area contributed by atoms with Crippen LogP contribution in [-0.2, 0) is 7.05 Å². The van der Waals surface area contributed by atoms with Gasteiger partial charge in [0, 0.05) is 24.5 Å². The van der Waals surface area contributed by atoms with Crippen LogP contribution < -0.4 is 5.73 Å². The summed E-state index contributed by atoms with van der Waals surface area (Å²) in [6.07, 6.45) is 2.12. The van der Waals surface area contributed by atoms with Crippen LogP contribution in [0.25, 0.3) is 11.1 Å². The van der Waals surface area contributed by atoms with Gasteiger partial charge in [0.25, 0.3) is 0 Å². The van der Waals surface area contributed by atoms with Gasteiger partial charge in [0.2, 0.25) is 0 Å². The van der Waals surface area contributed by atoms with E-state index in [1.165, 1.54) is 22.3 Å². The quantitative estimate of drug-likeness (QED) is 0.795. The van der Waals surface area contributed by atoms with Crippen molar-refractivity contribution in [3.05, 3.63) is 40.7 Å². The third-order valence-electron chi connectivity index (χ3n) is 3.48. The number of rotatable bonds is 1. The van der Waals surface area contributed by atoms with Crippen molar-refractivity contribution >= 4 is 5.69 Å². The van der Waals surface area contributed by atoms with E-state index in [4.69, 9.17) is 5.73 Å². The highest BCUT2D eigenvalue weighted by atomic mass is 14.9. The van der Waals surface area contributed by atoms with Crippen LogP contribution in [0.3, 0.4) is 0 Å². The second kappa shape index (κ2) is 3.95. The Morgan fingerprint density at radius 3 is 1.94 bits per heavy atom. The predicted octanol–water partition coefficient (Wildman–Crippen LogP) is 3.51. The lowest BCUT2D eigenvalue weighted by atomic mass is 9.94. The van der Waals surface area contributed by atoms with Crippen LogP contribution in [0.4, 0.5) is 5.69 Å². The minimum absolute atomic E-state index is 0.891. The molecule has 0 aliphatic heterocycles. The van der Waals surface area contributed by atoms with E-state index >= 15 is 0 Å². The topological polar surface area (TPSA) is 30.9 Å². The molecule has 2 aromatic rings. The van der Waals surface area contributed by atoms with E-state index in [1.54, 1.807) is 0 Å². The molecule has 2 heteroatoms. The number of nitrogens with zero attached hydrogens (tertiary/aromatic N) is 1. The molecule has 0 bridgehead atoms. The van der Waals surface area contributed by atoms with Crippen LogP contribution in [0.1, 0.15) is 22.4 Å². The molecule has 90 valence electrons. The van der Waals surface area contributed by atoms with Crippen molar-refractivity contribution in [3.63, 3.8) is 0 Å². The Morgan fingerprint density at radius 1 is 1.00 bits per heavy atom. The van der Waals surface area contributed by atoms with Gasteiger partial charge in [-0.05, 0) is 44.4 Å². The Kier molecular flexibility index (Phi) is 2.74. The lowest BCUT2D eigenvalue weighted by molar-refractivity contribution is 0.884. The van der Waals surface area contributed by atoms with Crippen molar-refractivity contribution < 1.29 is 0 Å². The Hall–Kier alpha value is -1.70. The molecule has 2 nitrogen and oxygen atoms in total. The Balaban J connectivity index is 2.73. The number of nitrogens with two attached hydrogens (primary N) is 1. The Labute approximate surface area is 103 Å². The van der Waals surface area contributed by atoms with Crippen molar-refractivity contribution in [2.45, 2.75) is 27.7 Å². The standard InChI is InChI=1S/C15H20N2/c1-9-6-10(2)14(11(3)7-9)13-8-17(5)12(4)15(13)16/h6-8H,16H2,1-5H3. The van der Waals surface area contributed by atoms with Gasteiger partial charge in [-0.3, -0.25) is 0 Å². The number of benzene rings is 1. The summed E-state index contributed by atoms with van der Waals surface area (Å²) >= 11 is 0. The van der Waals surface area contributed by atoms with Crippen molar-refractivity contribution in [1.29, 1.82) is 0 Å². The number of hydrogen-bond acceptors (Lipinski definition) is 1. The number of anilines is 1. The molecular weight excluding hydrogens is 208 g/mol. The lowest BCUT2D eigenvalue weighted by Gasteiger charge is -2.11. The minimum Gasteiger partial charge on any atom is -0.397 e. The van der Waals surface area contributed by atoms with E-state index in [9.17, 15) is 0 Å². The molecule has 0 radical (unpaired) electrons. The Morgan fingerprint density at radius 2 is 1.53 bits per heavy atom. The summed E-state index contributed by atoms with van der Waals surface area (Å²) in [5.74, 6) is 0. The smallest absolute Gasteiger partial charge is 0.0603 e. The molecule has 0 amide bonds. The zero-order valence-electron chi connectivity index (χ0n) is 11.3. The molecule has 0 atom stereocenters. The Bertz CT molecular complexity index is 554. The number of aromatic nitrogens is 1. The number of aryl methyl sites for hydroxylation is 4. The van der Waals surface area contributed by atoms with Gasteiger partial charge in [0.15, 0.2) is 0 Å². The molecule has 17 heavy (non-hydrogen) atoms. The maximum absolute atomic E-state index is 6.19. The average molecular weight is 228 g/mol. The monoisotopic (exact) mass is 228 g/mol. The fraction of sp³-hybridized carbons (Fsp3) is 0.333. The van der Waals surface area contributed by atoms with E-state index in [2.05, 4.69) is 50.6 Å². The molecule has 0 saturated carbocycles. The first kappa shape index (κ1) is 11.8. The second-order valence-corrected chi connectivity index (χ2v) is 4.93. The van der Waals surface area contributed by atoms with Gasteiger partial charge in [-0.25, -0.2) is 0 Å². The normalized spacial score (nSPS) is 10.9. The maximum Gasteiger partial charge on any atom is 0.0603 e. The van der Waals surface area contributed by atoms with Crippen LogP contribution in [0, 0.1) is 27.7 Å². The number of hydrogen-bond donors (Lipinski definition) is 1. The molecule has 0 aliphatic carbocycles. The summed E-state index contributed by atoms with van der Waals surface area (Å²) in [4.78, 5) is 0. The molecule has 2 rings (SSSR count). The average Bonchev–Trinajstić information content (AvgIpc) is 2.45. The number of nitrogen functional groups attached to an aromatic ring is 1. The van der Waals surface area contributed by atoms with Gasteiger partial charge >= 0.3 is 0 Å². The second-order valence-electron chi connectivity index (χ2n) is 4.93. The highest BCUT2D eigenvalue weighted by molar-refractivity contribution is 5.82. The molecule has 0 fully saturated rings. The summed E-state index contributed by atoms with van der Waals surface area (Å²) in [6, 6.07) is 4.42. The van der Waals surface area contributed by atoms with Crippen molar-refractivity contribution in [1.82, 2.24) is 4.57 Å². The van der Waals surface area contributed by atoms with Gasteiger partial charge < -0.3 is 10.3 Å². The predicted molar refractivity (Wildman–Crippen MR) is 74.2 cm³/mol. The first-order valence-electron chi connectivity index (χ1n) is 5.91. The van der Waals surface area contributed by atoms with Crippen LogP contribution in [0.5, 0.6) is 0 Å². The zero-order chi connectivity index (χ0) is 12.7. The van der Waals surface area contributed by atoms with Gasteiger partial charge in [0.05, 0.1) is 5.69 Å². The third kappa shape index (κ3) is 1.84.